The highest BCUT2D eigenvalue weighted by Crippen LogP contribution is 2.40. The standard InChI is InChI=1S/C31H24N4O3/c32-15-19-6-4-7-20(12-19)16-35-17-24(23-13-27-28(14-26(23)35)38-18-37-27)30-31(36)33-25-11-5-10-22(29(25)34-30)21-8-2-1-3-9-21/h1-14,17H,15-16,18,32H2,(H,33,36). The summed E-state index contributed by atoms with van der Waals surface area (Å²) in [6.07, 6.45) is 1.99. The number of nitrogens with two attached hydrogens (primary N) is 1. The highest BCUT2D eigenvalue weighted by Gasteiger charge is 2.22. The third kappa shape index (κ3) is 3.72. The van der Waals surface area contributed by atoms with E-state index in [0.717, 1.165) is 44.2 Å². The van der Waals surface area contributed by atoms with E-state index in [1.165, 1.54) is 0 Å². The van der Waals surface area contributed by atoms with Crippen LogP contribution in [0.2, 0.25) is 0 Å². The number of hydrogen-bond donors (Lipinski definition) is 2. The number of nitrogens with zero attached hydrogens (tertiary/aromatic N) is 2. The van der Waals surface area contributed by atoms with Gasteiger partial charge in [-0.05, 0) is 28.8 Å². The number of rotatable bonds is 5. The van der Waals surface area contributed by atoms with Crippen molar-refractivity contribution in [2.75, 3.05) is 6.79 Å². The number of hydrogen-bond acceptors (Lipinski definition) is 5. The van der Waals surface area contributed by atoms with Crippen molar-refractivity contribution < 1.29 is 9.47 Å². The Balaban J connectivity index is 1.45. The summed E-state index contributed by atoms with van der Waals surface area (Å²) in [7, 11) is 0. The fourth-order valence-corrected chi connectivity index (χ4v) is 5.19. The molecular formula is C31H24N4O3. The molecule has 0 atom stereocenters. The average molecular weight is 501 g/mol. The van der Waals surface area contributed by atoms with E-state index < -0.39 is 0 Å². The molecule has 3 N–H and O–H groups in total. The highest BCUT2D eigenvalue weighted by molar-refractivity contribution is 5.99. The first kappa shape index (κ1) is 22.3. The lowest BCUT2D eigenvalue weighted by Crippen LogP contribution is -2.11. The zero-order valence-corrected chi connectivity index (χ0v) is 20.5. The van der Waals surface area contributed by atoms with Crippen LogP contribution < -0.4 is 20.8 Å². The van der Waals surface area contributed by atoms with Crippen LogP contribution in [0, 0.1) is 0 Å². The van der Waals surface area contributed by atoms with E-state index in [0.29, 0.717) is 35.8 Å². The monoisotopic (exact) mass is 500 g/mol. The molecule has 0 saturated carbocycles. The van der Waals surface area contributed by atoms with Gasteiger partial charge in [-0.2, -0.15) is 0 Å². The van der Waals surface area contributed by atoms with Crippen LogP contribution in [-0.2, 0) is 13.1 Å². The maximum atomic E-state index is 13.4. The molecule has 4 aromatic carbocycles. The summed E-state index contributed by atoms with van der Waals surface area (Å²) in [5, 5.41) is 0.874. The first-order valence-electron chi connectivity index (χ1n) is 12.5. The van der Waals surface area contributed by atoms with Crippen LogP contribution >= 0.6 is 0 Å². The molecule has 1 aliphatic rings. The lowest BCUT2D eigenvalue weighted by Gasteiger charge is -2.08. The predicted molar refractivity (Wildman–Crippen MR) is 148 cm³/mol. The van der Waals surface area contributed by atoms with E-state index in [1.807, 2.05) is 79.0 Å². The van der Waals surface area contributed by atoms with Crippen molar-refractivity contribution >= 4 is 21.9 Å². The molecule has 7 heteroatoms. The second-order valence-electron chi connectivity index (χ2n) is 9.40. The second-order valence-corrected chi connectivity index (χ2v) is 9.40. The van der Waals surface area contributed by atoms with Gasteiger partial charge in [0.25, 0.3) is 5.56 Å². The number of nitrogens with one attached hydrogen (secondary N) is 1. The Morgan fingerprint density at radius 1 is 0.868 bits per heavy atom. The molecule has 6 aromatic rings. The number of benzene rings is 4. The van der Waals surface area contributed by atoms with Gasteiger partial charge >= 0.3 is 0 Å². The van der Waals surface area contributed by atoms with Crippen molar-refractivity contribution in [2.24, 2.45) is 5.73 Å². The largest absolute Gasteiger partial charge is 0.454 e. The van der Waals surface area contributed by atoms with Crippen LogP contribution in [0.1, 0.15) is 11.1 Å². The van der Waals surface area contributed by atoms with Crippen LogP contribution in [0.3, 0.4) is 0 Å². The molecule has 7 rings (SSSR count). The Morgan fingerprint density at radius 2 is 1.66 bits per heavy atom. The summed E-state index contributed by atoms with van der Waals surface area (Å²) < 4.78 is 13.5. The van der Waals surface area contributed by atoms with Crippen LogP contribution in [-0.4, -0.2) is 21.3 Å². The summed E-state index contributed by atoms with van der Waals surface area (Å²) in [5.74, 6) is 1.34. The molecule has 0 bridgehead atoms. The van der Waals surface area contributed by atoms with Gasteiger partial charge in [-0.1, -0.05) is 66.7 Å². The minimum Gasteiger partial charge on any atom is -0.454 e. The van der Waals surface area contributed by atoms with E-state index in [9.17, 15) is 4.79 Å². The lowest BCUT2D eigenvalue weighted by atomic mass is 10.0. The van der Waals surface area contributed by atoms with Crippen LogP contribution in [0.25, 0.3) is 44.3 Å². The summed E-state index contributed by atoms with van der Waals surface area (Å²) in [5.41, 5.74) is 13.3. The zero-order valence-electron chi connectivity index (χ0n) is 20.5. The predicted octanol–water partition coefficient (Wildman–Crippen LogP) is 5.45. The van der Waals surface area contributed by atoms with Crippen LogP contribution in [0.5, 0.6) is 11.5 Å². The SMILES string of the molecule is NCc1cccc(Cn2cc(-c3nc4c(-c5ccccc5)cccc4[nH]c3=O)c3cc4c(cc32)OCO4)c1. The van der Waals surface area contributed by atoms with Gasteiger partial charge in [-0.15, -0.1) is 0 Å². The number of aromatic nitrogens is 3. The van der Waals surface area contributed by atoms with Gasteiger partial charge in [0.05, 0.1) is 16.6 Å². The van der Waals surface area contributed by atoms with Crippen molar-refractivity contribution in [3.05, 3.63) is 113 Å². The van der Waals surface area contributed by atoms with Crippen LogP contribution in [0.15, 0.2) is 95.9 Å². The van der Waals surface area contributed by atoms with Crippen molar-refractivity contribution in [2.45, 2.75) is 13.1 Å². The molecule has 3 heterocycles. The molecule has 2 aromatic heterocycles. The molecule has 0 amide bonds. The molecule has 1 aliphatic heterocycles. The Bertz CT molecular complexity index is 1890. The Morgan fingerprint density at radius 3 is 2.50 bits per heavy atom. The van der Waals surface area contributed by atoms with E-state index >= 15 is 0 Å². The number of H-pyrrole nitrogens is 1. The number of fused-ring (bicyclic) bond motifs is 3. The molecule has 0 unspecified atom stereocenters. The average Bonchev–Trinajstić information content (AvgIpc) is 3.56. The van der Waals surface area contributed by atoms with Crippen molar-refractivity contribution in [1.29, 1.82) is 0 Å². The highest BCUT2D eigenvalue weighted by atomic mass is 16.7. The summed E-state index contributed by atoms with van der Waals surface area (Å²) in [6.45, 7) is 1.25. The fourth-order valence-electron chi connectivity index (χ4n) is 5.19. The van der Waals surface area contributed by atoms with Gasteiger partial charge in [0.15, 0.2) is 11.5 Å². The zero-order chi connectivity index (χ0) is 25.6. The molecule has 0 aliphatic carbocycles. The Kier molecular flexibility index (Phi) is 5.23. The quantitative estimate of drug-likeness (QED) is 0.328. The molecule has 7 nitrogen and oxygen atoms in total. The maximum Gasteiger partial charge on any atom is 0.275 e. The summed E-state index contributed by atoms with van der Waals surface area (Å²) in [4.78, 5) is 21.4. The van der Waals surface area contributed by atoms with E-state index in [-0.39, 0.29) is 12.4 Å². The van der Waals surface area contributed by atoms with Gasteiger partial charge in [0.1, 0.15) is 5.69 Å². The normalized spacial score (nSPS) is 12.4. The van der Waals surface area contributed by atoms with E-state index in [1.54, 1.807) is 0 Å². The third-order valence-corrected chi connectivity index (χ3v) is 7.02. The number of para-hydroxylation sites is 1. The second kappa shape index (κ2) is 8.90. The number of ether oxygens (including phenoxy) is 2. The first-order valence-corrected chi connectivity index (χ1v) is 12.5. The van der Waals surface area contributed by atoms with Crippen molar-refractivity contribution in [3.8, 4) is 33.9 Å². The molecule has 0 spiro atoms. The molecular weight excluding hydrogens is 476 g/mol. The Hall–Kier alpha value is -4.88. The van der Waals surface area contributed by atoms with Gasteiger partial charge in [0, 0.05) is 41.9 Å². The van der Waals surface area contributed by atoms with Crippen molar-refractivity contribution in [1.82, 2.24) is 14.5 Å². The van der Waals surface area contributed by atoms with Gasteiger partial charge in [-0.3, -0.25) is 4.79 Å². The van der Waals surface area contributed by atoms with Crippen LogP contribution in [0.4, 0.5) is 0 Å². The minimum atomic E-state index is -0.246. The molecule has 0 radical (unpaired) electrons. The minimum absolute atomic E-state index is 0.172. The molecule has 38 heavy (non-hydrogen) atoms. The topological polar surface area (TPSA) is 95.2 Å². The lowest BCUT2D eigenvalue weighted by molar-refractivity contribution is 0.174. The van der Waals surface area contributed by atoms with Crippen molar-refractivity contribution in [3.63, 3.8) is 0 Å². The summed E-state index contributed by atoms with van der Waals surface area (Å²) >= 11 is 0. The van der Waals surface area contributed by atoms with E-state index in [4.69, 9.17) is 20.2 Å². The third-order valence-electron chi connectivity index (χ3n) is 7.02. The maximum absolute atomic E-state index is 13.4. The Labute approximate surface area is 218 Å². The van der Waals surface area contributed by atoms with Gasteiger partial charge < -0.3 is 24.8 Å². The molecule has 0 saturated heterocycles. The summed E-state index contributed by atoms with van der Waals surface area (Å²) in [6, 6.07) is 28.0. The van der Waals surface area contributed by atoms with Gasteiger partial charge in [0.2, 0.25) is 6.79 Å². The van der Waals surface area contributed by atoms with E-state index in [2.05, 4.69) is 21.7 Å². The smallest absolute Gasteiger partial charge is 0.275 e. The molecule has 186 valence electrons. The fraction of sp³-hybridized carbons (Fsp3) is 0.0968. The first-order chi connectivity index (χ1) is 18.7. The molecule has 0 fully saturated rings. The number of aromatic amines is 1. The van der Waals surface area contributed by atoms with Gasteiger partial charge in [-0.25, -0.2) is 4.98 Å².